The molecular formula is C22H22N2O5. The lowest BCUT2D eigenvalue weighted by Crippen LogP contribution is -2.27. The standard InChI is InChI=1S/C22H22N2O5/c1-13(2)22(27)29-19-16-11-14(12-28-3)9-10-17(16)24-21(26)18(19)20(25)23-15-7-5-4-6-8-15/h4-11,13H,12H2,1-3H3,(H,23,25)(H,24,26). The van der Waals surface area contributed by atoms with Crippen molar-refractivity contribution in [1.29, 1.82) is 0 Å². The number of hydrogen-bond donors (Lipinski definition) is 2. The van der Waals surface area contributed by atoms with E-state index in [-0.39, 0.29) is 11.3 Å². The highest BCUT2D eigenvalue weighted by Crippen LogP contribution is 2.29. The van der Waals surface area contributed by atoms with Crippen molar-refractivity contribution in [3.8, 4) is 5.75 Å². The Morgan fingerprint density at radius 3 is 2.48 bits per heavy atom. The summed E-state index contributed by atoms with van der Waals surface area (Å²) in [4.78, 5) is 40.6. The van der Waals surface area contributed by atoms with Gasteiger partial charge in [0.2, 0.25) is 0 Å². The average Bonchev–Trinajstić information content (AvgIpc) is 2.69. The van der Waals surface area contributed by atoms with Gasteiger partial charge in [-0.1, -0.05) is 38.1 Å². The highest BCUT2D eigenvalue weighted by molar-refractivity contribution is 6.09. The third kappa shape index (κ3) is 4.52. The van der Waals surface area contributed by atoms with Gasteiger partial charge in [-0.25, -0.2) is 0 Å². The molecule has 3 aromatic rings. The molecule has 0 aliphatic carbocycles. The summed E-state index contributed by atoms with van der Waals surface area (Å²) in [6.45, 7) is 3.69. The van der Waals surface area contributed by atoms with Crippen LogP contribution >= 0.6 is 0 Å². The van der Waals surface area contributed by atoms with Gasteiger partial charge in [-0.15, -0.1) is 0 Å². The van der Waals surface area contributed by atoms with Crippen molar-refractivity contribution in [2.75, 3.05) is 12.4 Å². The predicted molar refractivity (Wildman–Crippen MR) is 110 cm³/mol. The van der Waals surface area contributed by atoms with Gasteiger partial charge in [0.05, 0.1) is 18.0 Å². The number of amides is 1. The van der Waals surface area contributed by atoms with Gasteiger partial charge in [0.1, 0.15) is 5.56 Å². The highest BCUT2D eigenvalue weighted by Gasteiger charge is 2.24. The Balaban J connectivity index is 2.17. The second-order valence-electron chi connectivity index (χ2n) is 6.87. The van der Waals surface area contributed by atoms with E-state index in [1.165, 1.54) is 0 Å². The fraction of sp³-hybridized carbons (Fsp3) is 0.227. The van der Waals surface area contributed by atoms with Crippen LogP contribution in [0.2, 0.25) is 0 Å². The van der Waals surface area contributed by atoms with Gasteiger partial charge in [-0.05, 0) is 29.8 Å². The number of nitrogens with one attached hydrogen (secondary N) is 2. The molecule has 2 aromatic carbocycles. The summed E-state index contributed by atoms with van der Waals surface area (Å²) in [5.41, 5.74) is 0.883. The molecular weight excluding hydrogens is 372 g/mol. The average molecular weight is 394 g/mol. The van der Waals surface area contributed by atoms with Gasteiger partial charge in [0.25, 0.3) is 11.5 Å². The quantitative estimate of drug-likeness (QED) is 0.624. The van der Waals surface area contributed by atoms with Gasteiger partial charge >= 0.3 is 5.97 Å². The largest absolute Gasteiger partial charge is 0.425 e. The highest BCUT2D eigenvalue weighted by atomic mass is 16.5. The Labute approximate surface area is 167 Å². The van der Waals surface area contributed by atoms with Crippen LogP contribution in [0.15, 0.2) is 53.3 Å². The fourth-order valence-electron chi connectivity index (χ4n) is 2.81. The van der Waals surface area contributed by atoms with Crippen molar-refractivity contribution in [2.24, 2.45) is 5.92 Å². The number of para-hydroxylation sites is 1. The molecule has 7 nitrogen and oxygen atoms in total. The van der Waals surface area contributed by atoms with E-state index in [4.69, 9.17) is 9.47 Å². The summed E-state index contributed by atoms with van der Waals surface area (Å²) in [5, 5.41) is 3.12. The van der Waals surface area contributed by atoms with E-state index >= 15 is 0 Å². The number of aromatic nitrogens is 1. The molecule has 0 unspecified atom stereocenters. The lowest BCUT2D eigenvalue weighted by Gasteiger charge is -2.15. The molecule has 2 N–H and O–H groups in total. The van der Waals surface area contributed by atoms with Gasteiger partial charge in [-0.2, -0.15) is 0 Å². The first kappa shape index (κ1) is 20.3. The molecule has 1 heterocycles. The van der Waals surface area contributed by atoms with Crippen molar-refractivity contribution in [2.45, 2.75) is 20.5 Å². The molecule has 3 rings (SSSR count). The minimum absolute atomic E-state index is 0.0613. The van der Waals surface area contributed by atoms with E-state index in [1.54, 1.807) is 63.4 Å². The molecule has 150 valence electrons. The monoisotopic (exact) mass is 394 g/mol. The number of ether oxygens (including phenoxy) is 2. The van der Waals surface area contributed by atoms with Crippen molar-refractivity contribution in [3.63, 3.8) is 0 Å². The van der Waals surface area contributed by atoms with Crippen LogP contribution in [0.1, 0.15) is 29.8 Å². The Morgan fingerprint density at radius 2 is 1.83 bits per heavy atom. The molecule has 1 amide bonds. The van der Waals surface area contributed by atoms with Crippen LogP contribution in [-0.4, -0.2) is 24.0 Å². The smallest absolute Gasteiger partial charge is 0.313 e. The van der Waals surface area contributed by atoms with Crippen molar-refractivity contribution in [1.82, 2.24) is 4.98 Å². The fourth-order valence-corrected chi connectivity index (χ4v) is 2.81. The maximum atomic E-state index is 12.9. The molecule has 0 fully saturated rings. The normalized spacial score (nSPS) is 10.9. The Morgan fingerprint density at radius 1 is 1.10 bits per heavy atom. The maximum Gasteiger partial charge on any atom is 0.313 e. The Kier molecular flexibility index (Phi) is 6.09. The predicted octanol–water partition coefficient (Wildman–Crippen LogP) is 3.49. The molecule has 29 heavy (non-hydrogen) atoms. The first-order chi connectivity index (χ1) is 13.9. The number of rotatable bonds is 6. The van der Waals surface area contributed by atoms with Crippen molar-refractivity contribution < 1.29 is 19.1 Å². The van der Waals surface area contributed by atoms with Gasteiger partial charge in [0, 0.05) is 18.2 Å². The van der Waals surface area contributed by atoms with Gasteiger partial charge in [-0.3, -0.25) is 14.4 Å². The number of aromatic amines is 1. The number of benzene rings is 2. The molecule has 0 aliphatic heterocycles. The van der Waals surface area contributed by atoms with E-state index < -0.39 is 23.4 Å². The summed E-state index contributed by atoms with van der Waals surface area (Å²) in [6, 6.07) is 13.9. The maximum absolute atomic E-state index is 12.9. The van der Waals surface area contributed by atoms with Crippen LogP contribution in [0, 0.1) is 5.92 Å². The molecule has 0 bridgehead atoms. The number of esters is 1. The lowest BCUT2D eigenvalue weighted by atomic mass is 10.1. The SMILES string of the molecule is COCc1ccc2[nH]c(=O)c(C(=O)Nc3ccccc3)c(OC(=O)C(C)C)c2c1. The van der Waals surface area contributed by atoms with Crippen molar-refractivity contribution >= 4 is 28.5 Å². The Bertz CT molecular complexity index is 1100. The van der Waals surface area contributed by atoms with Gasteiger partial charge in [0.15, 0.2) is 5.75 Å². The van der Waals surface area contributed by atoms with E-state index in [1.807, 2.05) is 6.07 Å². The number of H-pyrrole nitrogens is 1. The van der Waals surface area contributed by atoms with Crippen LogP contribution in [0.4, 0.5) is 5.69 Å². The van der Waals surface area contributed by atoms with Crippen LogP contribution < -0.4 is 15.6 Å². The zero-order valence-corrected chi connectivity index (χ0v) is 16.4. The third-order valence-electron chi connectivity index (χ3n) is 4.27. The second-order valence-corrected chi connectivity index (χ2v) is 6.87. The zero-order chi connectivity index (χ0) is 21.0. The lowest BCUT2D eigenvalue weighted by molar-refractivity contribution is -0.137. The van der Waals surface area contributed by atoms with Crippen LogP contribution in [0.3, 0.4) is 0 Å². The summed E-state index contributed by atoms with van der Waals surface area (Å²) < 4.78 is 10.7. The molecule has 0 aliphatic rings. The number of hydrogen-bond acceptors (Lipinski definition) is 5. The summed E-state index contributed by atoms with van der Waals surface area (Å²) in [5.74, 6) is -1.70. The number of anilines is 1. The summed E-state index contributed by atoms with van der Waals surface area (Å²) in [6.07, 6.45) is 0. The van der Waals surface area contributed by atoms with E-state index in [0.29, 0.717) is 23.2 Å². The molecule has 0 spiro atoms. The molecule has 7 heteroatoms. The number of fused-ring (bicyclic) bond motifs is 1. The Hall–Kier alpha value is -3.45. The molecule has 1 aromatic heterocycles. The minimum atomic E-state index is -0.664. The number of methoxy groups -OCH3 is 1. The summed E-state index contributed by atoms with van der Waals surface area (Å²) in [7, 11) is 1.56. The van der Waals surface area contributed by atoms with Crippen LogP contribution in [-0.2, 0) is 16.1 Å². The number of carbonyl (C=O) groups is 2. The first-order valence-electron chi connectivity index (χ1n) is 9.16. The molecule has 0 atom stereocenters. The van der Waals surface area contributed by atoms with Crippen LogP contribution in [0.5, 0.6) is 5.75 Å². The number of carbonyl (C=O) groups excluding carboxylic acids is 2. The molecule has 0 radical (unpaired) electrons. The zero-order valence-electron chi connectivity index (χ0n) is 16.4. The topological polar surface area (TPSA) is 97.5 Å². The molecule has 0 saturated carbocycles. The first-order valence-corrected chi connectivity index (χ1v) is 9.16. The second kappa shape index (κ2) is 8.70. The van der Waals surface area contributed by atoms with E-state index in [9.17, 15) is 14.4 Å². The van der Waals surface area contributed by atoms with E-state index in [2.05, 4.69) is 10.3 Å². The van der Waals surface area contributed by atoms with Crippen LogP contribution in [0.25, 0.3) is 10.9 Å². The summed E-state index contributed by atoms with van der Waals surface area (Å²) >= 11 is 0. The molecule has 0 saturated heterocycles. The van der Waals surface area contributed by atoms with E-state index in [0.717, 1.165) is 5.56 Å². The van der Waals surface area contributed by atoms with Gasteiger partial charge < -0.3 is 19.8 Å². The van der Waals surface area contributed by atoms with Crippen molar-refractivity contribution in [3.05, 3.63) is 70.0 Å². The minimum Gasteiger partial charge on any atom is -0.425 e. The third-order valence-corrected chi connectivity index (χ3v) is 4.27. The number of pyridine rings is 1.